The van der Waals surface area contributed by atoms with Crippen molar-refractivity contribution in [2.45, 2.75) is 0 Å². The second kappa shape index (κ2) is 4.14. The third-order valence-electron chi connectivity index (χ3n) is 1.62. The summed E-state index contributed by atoms with van der Waals surface area (Å²) in [6.07, 6.45) is 0. The number of hydrogen-bond acceptors (Lipinski definition) is 2. The number of amidine groups is 1. The molecule has 1 aromatic rings. The summed E-state index contributed by atoms with van der Waals surface area (Å²) in [5, 5.41) is 12.6. The second-order valence-corrected chi connectivity index (χ2v) is 3.26. The van der Waals surface area contributed by atoms with Gasteiger partial charge < -0.3 is 10.1 Å². The molecule has 0 bridgehead atoms. The van der Waals surface area contributed by atoms with Crippen LogP contribution in [0.3, 0.4) is 0 Å². The molecule has 0 atom stereocenters. The van der Waals surface area contributed by atoms with Crippen molar-refractivity contribution in [3.63, 3.8) is 0 Å². The average molecular weight is 199 g/mol. The summed E-state index contributed by atoms with van der Waals surface area (Å²) in [4.78, 5) is 1.73. The van der Waals surface area contributed by atoms with Gasteiger partial charge >= 0.3 is 0 Å². The molecule has 1 N–H and O–H groups in total. The first-order valence-electron chi connectivity index (χ1n) is 3.80. The summed E-state index contributed by atoms with van der Waals surface area (Å²) >= 11 is 5.72. The molecule has 0 aromatic heterocycles. The van der Waals surface area contributed by atoms with Crippen LogP contribution in [0.15, 0.2) is 29.4 Å². The van der Waals surface area contributed by atoms with Crippen LogP contribution in [-0.4, -0.2) is 30.0 Å². The van der Waals surface area contributed by atoms with E-state index in [9.17, 15) is 0 Å². The Bertz CT molecular complexity index is 306. The highest BCUT2D eigenvalue weighted by molar-refractivity contribution is 6.30. The van der Waals surface area contributed by atoms with Crippen molar-refractivity contribution in [3.05, 3.63) is 34.9 Å². The molecule has 4 heteroatoms. The number of halogens is 1. The van der Waals surface area contributed by atoms with Crippen LogP contribution in [0.5, 0.6) is 0 Å². The topological polar surface area (TPSA) is 35.8 Å². The lowest BCUT2D eigenvalue weighted by Crippen LogP contribution is -2.22. The van der Waals surface area contributed by atoms with Crippen LogP contribution in [0.25, 0.3) is 0 Å². The highest BCUT2D eigenvalue weighted by Crippen LogP contribution is 2.10. The quantitative estimate of drug-likeness (QED) is 0.325. The fourth-order valence-electron chi connectivity index (χ4n) is 1.00. The minimum absolute atomic E-state index is 0.511. The maximum atomic E-state index is 8.73. The Kier molecular flexibility index (Phi) is 3.14. The van der Waals surface area contributed by atoms with Crippen LogP contribution in [0, 0.1) is 0 Å². The Morgan fingerprint density at radius 2 is 1.85 bits per heavy atom. The molecule has 0 radical (unpaired) electrons. The van der Waals surface area contributed by atoms with Crippen molar-refractivity contribution in [2.24, 2.45) is 5.16 Å². The highest BCUT2D eigenvalue weighted by Gasteiger charge is 2.05. The fraction of sp³-hybridized carbons (Fsp3) is 0.222. The summed E-state index contributed by atoms with van der Waals surface area (Å²) in [7, 11) is 3.62. The molecule has 0 spiro atoms. The Morgan fingerprint density at radius 1 is 1.31 bits per heavy atom. The van der Waals surface area contributed by atoms with Gasteiger partial charge in [-0.3, -0.25) is 0 Å². The Labute approximate surface area is 82.2 Å². The molecule has 13 heavy (non-hydrogen) atoms. The van der Waals surface area contributed by atoms with Crippen molar-refractivity contribution in [3.8, 4) is 0 Å². The van der Waals surface area contributed by atoms with Crippen LogP contribution in [0.4, 0.5) is 0 Å². The van der Waals surface area contributed by atoms with Gasteiger partial charge in [0.05, 0.1) is 0 Å². The first-order chi connectivity index (χ1) is 6.15. The normalized spacial score (nSPS) is 11.5. The number of nitrogens with zero attached hydrogens (tertiary/aromatic N) is 2. The standard InChI is InChI=1S/C9H11ClN2O/c1-12(2)9(11-13)7-3-5-8(10)6-4-7/h3-6,13H,1-2H3/b11-9-. The molecule has 0 amide bonds. The van der Waals surface area contributed by atoms with Gasteiger partial charge in [-0.2, -0.15) is 0 Å². The van der Waals surface area contributed by atoms with Gasteiger partial charge in [-0.15, -0.1) is 0 Å². The maximum Gasteiger partial charge on any atom is 0.174 e. The first kappa shape index (κ1) is 9.86. The van der Waals surface area contributed by atoms with Crippen LogP contribution in [0.2, 0.25) is 5.02 Å². The number of rotatable bonds is 1. The smallest absolute Gasteiger partial charge is 0.174 e. The van der Waals surface area contributed by atoms with E-state index in [1.165, 1.54) is 0 Å². The third-order valence-corrected chi connectivity index (χ3v) is 1.87. The van der Waals surface area contributed by atoms with E-state index in [4.69, 9.17) is 16.8 Å². The van der Waals surface area contributed by atoms with E-state index in [0.29, 0.717) is 10.9 Å². The molecule has 1 rings (SSSR count). The summed E-state index contributed by atoms with van der Waals surface area (Å²) < 4.78 is 0. The Hall–Kier alpha value is -1.22. The molecule has 0 aliphatic rings. The summed E-state index contributed by atoms with van der Waals surface area (Å²) in [6, 6.07) is 7.12. The molecule has 70 valence electrons. The van der Waals surface area contributed by atoms with Crippen molar-refractivity contribution < 1.29 is 5.21 Å². The maximum absolute atomic E-state index is 8.73. The van der Waals surface area contributed by atoms with Crippen molar-refractivity contribution in [2.75, 3.05) is 14.1 Å². The van der Waals surface area contributed by atoms with E-state index < -0.39 is 0 Å². The van der Waals surface area contributed by atoms with Crippen LogP contribution in [-0.2, 0) is 0 Å². The van der Waals surface area contributed by atoms with Gasteiger partial charge in [0.15, 0.2) is 5.84 Å². The third kappa shape index (κ3) is 2.36. The molecular formula is C9H11ClN2O. The van der Waals surface area contributed by atoms with Crippen molar-refractivity contribution in [1.82, 2.24) is 4.90 Å². The zero-order valence-corrected chi connectivity index (χ0v) is 8.28. The lowest BCUT2D eigenvalue weighted by molar-refractivity contribution is 0.310. The van der Waals surface area contributed by atoms with Crippen molar-refractivity contribution in [1.29, 1.82) is 0 Å². The lowest BCUT2D eigenvalue weighted by Gasteiger charge is -2.13. The predicted octanol–water partition coefficient (Wildman–Crippen LogP) is 2.04. The monoisotopic (exact) mass is 198 g/mol. The van der Waals surface area contributed by atoms with Gasteiger partial charge in [0.25, 0.3) is 0 Å². The van der Waals surface area contributed by atoms with Gasteiger partial charge in [-0.05, 0) is 24.3 Å². The Morgan fingerprint density at radius 3 is 2.23 bits per heavy atom. The Balaban J connectivity index is 3.00. The van der Waals surface area contributed by atoms with E-state index in [0.717, 1.165) is 5.56 Å². The first-order valence-corrected chi connectivity index (χ1v) is 4.18. The van der Waals surface area contributed by atoms with Crippen LogP contribution in [0.1, 0.15) is 5.56 Å². The highest BCUT2D eigenvalue weighted by atomic mass is 35.5. The molecule has 0 unspecified atom stereocenters. The molecule has 0 fully saturated rings. The molecule has 1 aromatic carbocycles. The molecule has 0 saturated heterocycles. The van der Waals surface area contributed by atoms with Crippen LogP contribution < -0.4 is 0 Å². The van der Waals surface area contributed by atoms with Gasteiger partial charge in [-0.25, -0.2) is 0 Å². The average Bonchev–Trinajstić information content (AvgIpc) is 2.09. The molecular weight excluding hydrogens is 188 g/mol. The van der Waals surface area contributed by atoms with E-state index in [1.54, 1.807) is 29.2 Å². The number of hydrogen-bond donors (Lipinski definition) is 1. The molecule has 0 aliphatic carbocycles. The van der Waals surface area contributed by atoms with E-state index in [2.05, 4.69) is 5.16 Å². The largest absolute Gasteiger partial charge is 0.409 e. The van der Waals surface area contributed by atoms with E-state index >= 15 is 0 Å². The zero-order valence-electron chi connectivity index (χ0n) is 7.53. The minimum Gasteiger partial charge on any atom is -0.409 e. The predicted molar refractivity (Wildman–Crippen MR) is 53.5 cm³/mol. The van der Waals surface area contributed by atoms with Gasteiger partial charge in [0, 0.05) is 24.7 Å². The van der Waals surface area contributed by atoms with E-state index in [-0.39, 0.29) is 0 Å². The summed E-state index contributed by atoms with van der Waals surface area (Å²) in [6.45, 7) is 0. The zero-order chi connectivity index (χ0) is 9.84. The molecule has 0 heterocycles. The van der Waals surface area contributed by atoms with E-state index in [1.807, 2.05) is 14.1 Å². The second-order valence-electron chi connectivity index (χ2n) is 2.82. The minimum atomic E-state index is 0.511. The summed E-state index contributed by atoms with van der Waals surface area (Å²) in [5.74, 6) is 0.511. The lowest BCUT2D eigenvalue weighted by atomic mass is 10.2. The van der Waals surface area contributed by atoms with Gasteiger partial charge in [0.2, 0.25) is 0 Å². The molecule has 0 aliphatic heterocycles. The fourth-order valence-corrected chi connectivity index (χ4v) is 1.13. The van der Waals surface area contributed by atoms with Gasteiger partial charge in [0.1, 0.15) is 0 Å². The van der Waals surface area contributed by atoms with Gasteiger partial charge in [-0.1, -0.05) is 16.8 Å². The SMILES string of the molecule is CN(C)/C(=N\O)c1ccc(Cl)cc1. The number of oxime groups is 1. The molecule has 3 nitrogen and oxygen atoms in total. The van der Waals surface area contributed by atoms with Crippen molar-refractivity contribution >= 4 is 17.4 Å². The summed E-state index contributed by atoms with van der Waals surface area (Å²) in [5.41, 5.74) is 0.830. The molecule has 0 saturated carbocycles. The van der Waals surface area contributed by atoms with Crippen LogP contribution >= 0.6 is 11.6 Å². The number of benzene rings is 1.